The van der Waals surface area contributed by atoms with Crippen molar-refractivity contribution < 1.29 is 19.9 Å². The third-order valence-electron chi connectivity index (χ3n) is 2.83. The molecule has 0 aromatic heterocycles. The lowest BCUT2D eigenvalue weighted by molar-refractivity contribution is -0.385. The molecule has 0 saturated heterocycles. The Hall–Kier alpha value is -2.19. The summed E-state index contributed by atoms with van der Waals surface area (Å²) in [5.74, 6) is -0.593. The van der Waals surface area contributed by atoms with Gasteiger partial charge in [0, 0.05) is 31.4 Å². The Labute approximate surface area is 122 Å². The number of aliphatic hydroxyl groups excluding tert-OH is 2. The van der Waals surface area contributed by atoms with Crippen LogP contribution in [0.5, 0.6) is 0 Å². The van der Waals surface area contributed by atoms with Crippen LogP contribution in [-0.2, 0) is 0 Å². The largest absolute Gasteiger partial charge is 0.395 e. The zero-order chi connectivity index (χ0) is 15.8. The molecule has 0 aliphatic heterocycles. The standard InChI is InChI=1S/C13H19N3O5/c1-2-14-10-3-4-12(16(20)21)11(9-10)13(19)15(5-7-17)6-8-18/h3-4,9,14,17-18H,2,5-8H2,1H3. The molecule has 3 N–H and O–H groups in total. The molecule has 0 unspecified atom stereocenters. The number of nitrogens with zero attached hydrogens (tertiary/aromatic N) is 2. The van der Waals surface area contributed by atoms with E-state index >= 15 is 0 Å². The Morgan fingerprint density at radius 3 is 2.43 bits per heavy atom. The number of aliphatic hydroxyl groups is 2. The Bertz CT molecular complexity index is 501. The summed E-state index contributed by atoms with van der Waals surface area (Å²) in [5, 5.41) is 31.9. The molecule has 0 spiro atoms. The van der Waals surface area contributed by atoms with Gasteiger partial charge in [0.2, 0.25) is 0 Å². The van der Waals surface area contributed by atoms with Crippen LogP contribution in [0.4, 0.5) is 11.4 Å². The van der Waals surface area contributed by atoms with Gasteiger partial charge in [-0.05, 0) is 19.1 Å². The second-order valence-corrected chi connectivity index (χ2v) is 4.26. The van der Waals surface area contributed by atoms with Crippen LogP contribution in [0, 0.1) is 10.1 Å². The number of nitro benzene ring substituents is 1. The Kier molecular flexibility index (Phi) is 6.57. The van der Waals surface area contributed by atoms with Gasteiger partial charge in [-0.2, -0.15) is 0 Å². The zero-order valence-corrected chi connectivity index (χ0v) is 11.8. The summed E-state index contributed by atoms with van der Waals surface area (Å²) in [6, 6.07) is 4.20. The molecule has 0 bridgehead atoms. The van der Waals surface area contributed by atoms with Crippen LogP contribution in [0.25, 0.3) is 0 Å². The molecular formula is C13H19N3O5. The number of amides is 1. The minimum atomic E-state index is -0.626. The normalized spacial score (nSPS) is 10.2. The first-order chi connectivity index (χ1) is 10.0. The monoisotopic (exact) mass is 297 g/mol. The van der Waals surface area contributed by atoms with Crippen molar-refractivity contribution in [2.24, 2.45) is 0 Å². The van der Waals surface area contributed by atoms with E-state index in [-0.39, 0.29) is 37.6 Å². The van der Waals surface area contributed by atoms with E-state index in [0.29, 0.717) is 12.2 Å². The highest BCUT2D eigenvalue weighted by molar-refractivity contribution is 5.99. The third-order valence-corrected chi connectivity index (χ3v) is 2.83. The van der Waals surface area contributed by atoms with Crippen LogP contribution >= 0.6 is 0 Å². The van der Waals surface area contributed by atoms with Crippen molar-refractivity contribution in [1.29, 1.82) is 0 Å². The van der Waals surface area contributed by atoms with Gasteiger partial charge in [0.1, 0.15) is 5.56 Å². The van der Waals surface area contributed by atoms with E-state index in [4.69, 9.17) is 10.2 Å². The number of nitrogens with one attached hydrogen (secondary N) is 1. The van der Waals surface area contributed by atoms with Crippen molar-refractivity contribution >= 4 is 17.3 Å². The van der Waals surface area contributed by atoms with E-state index < -0.39 is 10.8 Å². The van der Waals surface area contributed by atoms with Crippen molar-refractivity contribution in [3.8, 4) is 0 Å². The van der Waals surface area contributed by atoms with Crippen molar-refractivity contribution in [2.75, 3.05) is 38.2 Å². The molecule has 0 radical (unpaired) electrons. The first kappa shape index (κ1) is 16.9. The highest BCUT2D eigenvalue weighted by atomic mass is 16.6. The van der Waals surface area contributed by atoms with Crippen molar-refractivity contribution in [1.82, 2.24) is 4.90 Å². The molecule has 1 aromatic carbocycles. The van der Waals surface area contributed by atoms with Gasteiger partial charge in [-0.3, -0.25) is 14.9 Å². The Balaban J connectivity index is 3.19. The SMILES string of the molecule is CCNc1ccc([N+](=O)[O-])c(C(=O)N(CCO)CCO)c1. The Morgan fingerprint density at radius 1 is 1.33 bits per heavy atom. The molecule has 0 aliphatic carbocycles. The number of benzene rings is 1. The van der Waals surface area contributed by atoms with Gasteiger partial charge in [-0.15, -0.1) is 0 Å². The molecule has 1 aromatic rings. The minimum absolute atomic E-state index is 0.00197. The number of carbonyl (C=O) groups is 1. The topological polar surface area (TPSA) is 116 Å². The van der Waals surface area contributed by atoms with Crippen LogP contribution in [0.15, 0.2) is 18.2 Å². The maximum absolute atomic E-state index is 12.4. The number of carbonyl (C=O) groups excluding carboxylic acids is 1. The fraction of sp³-hybridized carbons (Fsp3) is 0.462. The van der Waals surface area contributed by atoms with Gasteiger partial charge in [0.05, 0.1) is 18.1 Å². The molecule has 8 nitrogen and oxygen atoms in total. The van der Waals surface area contributed by atoms with E-state index in [2.05, 4.69) is 5.32 Å². The molecule has 8 heteroatoms. The van der Waals surface area contributed by atoms with Crippen LogP contribution in [0.2, 0.25) is 0 Å². The molecule has 116 valence electrons. The quantitative estimate of drug-likeness (QED) is 0.474. The molecule has 0 saturated carbocycles. The Morgan fingerprint density at radius 2 is 1.95 bits per heavy atom. The van der Waals surface area contributed by atoms with Crippen LogP contribution in [-0.4, -0.2) is 58.8 Å². The number of nitro groups is 1. The fourth-order valence-electron chi connectivity index (χ4n) is 1.91. The third kappa shape index (κ3) is 4.40. The molecule has 21 heavy (non-hydrogen) atoms. The summed E-state index contributed by atoms with van der Waals surface area (Å²) in [6.07, 6.45) is 0. The average molecular weight is 297 g/mol. The van der Waals surface area contributed by atoms with E-state index in [0.717, 1.165) is 0 Å². The molecular weight excluding hydrogens is 278 g/mol. The van der Waals surface area contributed by atoms with Crippen LogP contribution in [0.1, 0.15) is 17.3 Å². The second-order valence-electron chi connectivity index (χ2n) is 4.26. The van der Waals surface area contributed by atoms with Crippen LogP contribution < -0.4 is 5.32 Å². The molecule has 0 aliphatic rings. The van der Waals surface area contributed by atoms with Gasteiger partial charge in [-0.1, -0.05) is 0 Å². The summed E-state index contributed by atoms with van der Waals surface area (Å²) in [5.41, 5.74) is 0.224. The zero-order valence-electron chi connectivity index (χ0n) is 11.8. The van der Waals surface area contributed by atoms with Crippen molar-refractivity contribution in [3.63, 3.8) is 0 Å². The number of anilines is 1. The van der Waals surface area contributed by atoms with E-state index in [1.165, 1.54) is 23.1 Å². The predicted octanol–water partition coefficient (Wildman–Crippen LogP) is 0.453. The smallest absolute Gasteiger partial charge is 0.282 e. The summed E-state index contributed by atoms with van der Waals surface area (Å²) < 4.78 is 0. The fourth-order valence-corrected chi connectivity index (χ4v) is 1.91. The summed E-state index contributed by atoms with van der Waals surface area (Å²) in [6.45, 7) is 1.91. The predicted molar refractivity (Wildman–Crippen MR) is 77.3 cm³/mol. The van der Waals surface area contributed by atoms with E-state index in [1.807, 2.05) is 6.92 Å². The summed E-state index contributed by atoms with van der Waals surface area (Å²) >= 11 is 0. The van der Waals surface area contributed by atoms with Crippen LogP contribution in [0.3, 0.4) is 0 Å². The van der Waals surface area contributed by atoms with Gasteiger partial charge < -0.3 is 20.4 Å². The lowest BCUT2D eigenvalue weighted by Gasteiger charge is -2.21. The first-order valence-corrected chi connectivity index (χ1v) is 6.58. The lowest BCUT2D eigenvalue weighted by Crippen LogP contribution is -2.36. The van der Waals surface area contributed by atoms with Gasteiger partial charge >= 0.3 is 0 Å². The van der Waals surface area contributed by atoms with E-state index in [9.17, 15) is 14.9 Å². The van der Waals surface area contributed by atoms with Crippen molar-refractivity contribution in [2.45, 2.75) is 6.92 Å². The van der Waals surface area contributed by atoms with Gasteiger partial charge in [0.15, 0.2) is 0 Å². The maximum Gasteiger partial charge on any atom is 0.282 e. The first-order valence-electron chi connectivity index (χ1n) is 6.58. The number of hydrogen-bond acceptors (Lipinski definition) is 6. The maximum atomic E-state index is 12.4. The summed E-state index contributed by atoms with van der Waals surface area (Å²) in [4.78, 5) is 24.0. The number of hydrogen-bond donors (Lipinski definition) is 3. The van der Waals surface area contributed by atoms with Gasteiger partial charge in [0.25, 0.3) is 11.6 Å². The minimum Gasteiger partial charge on any atom is -0.395 e. The molecule has 0 heterocycles. The van der Waals surface area contributed by atoms with Crippen molar-refractivity contribution in [3.05, 3.63) is 33.9 Å². The highest BCUT2D eigenvalue weighted by Gasteiger charge is 2.24. The lowest BCUT2D eigenvalue weighted by atomic mass is 10.1. The number of rotatable bonds is 8. The second kappa shape index (κ2) is 8.18. The molecule has 1 rings (SSSR count). The molecule has 0 atom stereocenters. The highest BCUT2D eigenvalue weighted by Crippen LogP contribution is 2.24. The molecule has 0 fully saturated rings. The average Bonchev–Trinajstić information content (AvgIpc) is 2.46. The summed E-state index contributed by atoms with van der Waals surface area (Å²) in [7, 11) is 0. The molecule has 1 amide bonds. The van der Waals surface area contributed by atoms with Gasteiger partial charge in [-0.25, -0.2) is 0 Å². The van der Waals surface area contributed by atoms with E-state index in [1.54, 1.807) is 0 Å².